The second-order valence-electron chi connectivity index (χ2n) is 5.40. The SMILES string of the molecule is Cc1ccc(C)c(NC(=O)CN2CCNCC2C(=O)O)c1. The molecule has 1 aliphatic heterocycles. The first-order valence-corrected chi connectivity index (χ1v) is 7.02. The number of hydrogen-bond acceptors (Lipinski definition) is 4. The van der Waals surface area contributed by atoms with Crippen LogP contribution >= 0.6 is 0 Å². The topological polar surface area (TPSA) is 81.7 Å². The molecule has 1 aromatic rings. The van der Waals surface area contributed by atoms with Crippen molar-refractivity contribution in [1.82, 2.24) is 10.2 Å². The average Bonchev–Trinajstić information content (AvgIpc) is 2.43. The summed E-state index contributed by atoms with van der Waals surface area (Å²) in [5, 5.41) is 15.1. The van der Waals surface area contributed by atoms with Crippen LogP contribution in [0.15, 0.2) is 18.2 Å². The second kappa shape index (κ2) is 6.69. The summed E-state index contributed by atoms with van der Waals surface area (Å²) in [4.78, 5) is 25.0. The highest BCUT2D eigenvalue weighted by Gasteiger charge is 2.29. The molecular formula is C15H21N3O3. The van der Waals surface area contributed by atoms with Crippen LogP contribution in [-0.4, -0.2) is 54.1 Å². The van der Waals surface area contributed by atoms with Crippen molar-refractivity contribution in [1.29, 1.82) is 0 Å². The number of benzene rings is 1. The predicted octanol–water partition coefficient (Wildman–Crippen LogP) is 0.600. The van der Waals surface area contributed by atoms with Crippen LogP contribution in [0.2, 0.25) is 0 Å². The first-order chi connectivity index (χ1) is 9.97. The average molecular weight is 291 g/mol. The molecule has 2 rings (SSSR count). The summed E-state index contributed by atoms with van der Waals surface area (Å²) in [6, 6.07) is 5.21. The minimum Gasteiger partial charge on any atom is -0.480 e. The van der Waals surface area contributed by atoms with Gasteiger partial charge in [0.2, 0.25) is 5.91 Å². The summed E-state index contributed by atoms with van der Waals surface area (Å²) in [7, 11) is 0. The van der Waals surface area contributed by atoms with Crippen molar-refractivity contribution in [3.8, 4) is 0 Å². The zero-order valence-electron chi connectivity index (χ0n) is 12.3. The van der Waals surface area contributed by atoms with E-state index in [2.05, 4.69) is 10.6 Å². The number of piperazine rings is 1. The van der Waals surface area contributed by atoms with Gasteiger partial charge in [-0.15, -0.1) is 0 Å². The Morgan fingerprint density at radius 2 is 2.19 bits per heavy atom. The predicted molar refractivity (Wildman–Crippen MR) is 80.4 cm³/mol. The summed E-state index contributed by atoms with van der Waals surface area (Å²) < 4.78 is 0. The molecule has 1 saturated heterocycles. The lowest BCUT2D eigenvalue weighted by atomic mass is 10.1. The van der Waals surface area contributed by atoms with Crippen LogP contribution in [0.3, 0.4) is 0 Å². The smallest absolute Gasteiger partial charge is 0.322 e. The highest BCUT2D eigenvalue weighted by molar-refractivity contribution is 5.93. The van der Waals surface area contributed by atoms with Gasteiger partial charge in [0.1, 0.15) is 6.04 Å². The number of carboxylic acids is 1. The Morgan fingerprint density at radius 3 is 2.90 bits per heavy atom. The highest BCUT2D eigenvalue weighted by Crippen LogP contribution is 2.16. The number of hydrogen-bond donors (Lipinski definition) is 3. The van der Waals surface area contributed by atoms with E-state index in [9.17, 15) is 14.7 Å². The van der Waals surface area contributed by atoms with E-state index in [1.54, 1.807) is 4.90 Å². The lowest BCUT2D eigenvalue weighted by Gasteiger charge is -2.32. The van der Waals surface area contributed by atoms with Crippen LogP contribution in [-0.2, 0) is 9.59 Å². The van der Waals surface area contributed by atoms with Crippen LogP contribution in [0.5, 0.6) is 0 Å². The zero-order valence-corrected chi connectivity index (χ0v) is 12.3. The van der Waals surface area contributed by atoms with Crippen LogP contribution in [0.4, 0.5) is 5.69 Å². The van der Waals surface area contributed by atoms with Gasteiger partial charge in [0.15, 0.2) is 0 Å². The minimum absolute atomic E-state index is 0.0893. The molecule has 0 bridgehead atoms. The Kier molecular flexibility index (Phi) is 4.93. The normalized spacial score (nSPS) is 19.2. The van der Waals surface area contributed by atoms with E-state index in [1.807, 2.05) is 32.0 Å². The molecule has 6 heteroatoms. The first-order valence-electron chi connectivity index (χ1n) is 7.02. The maximum absolute atomic E-state index is 12.1. The summed E-state index contributed by atoms with van der Waals surface area (Å²) in [6.45, 7) is 5.60. The third-order valence-corrected chi connectivity index (χ3v) is 3.65. The molecule has 0 aromatic heterocycles. The van der Waals surface area contributed by atoms with Gasteiger partial charge in [0.25, 0.3) is 0 Å². The van der Waals surface area contributed by atoms with Gasteiger partial charge in [0, 0.05) is 25.3 Å². The van der Waals surface area contributed by atoms with Gasteiger partial charge in [0.05, 0.1) is 6.54 Å². The van der Waals surface area contributed by atoms with E-state index < -0.39 is 12.0 Å². The zero-order chi connectivity index (χ0) is 15.4. The number of nitrogens with zero attached hydrogens (tertiary/aromatic N) is 1. The number of anilines is 1. The molecule has 1 aliphatic rings. The molecule has 1 heterocycles. The Labute approximate surface area is 124 Å². The lowest BCUT2D eigenvalue weighted by molar-refractivity contribution is -0.144. The molecule has 1 aromatic carbocycles. The van der Waals surface area contributed by atoms with Crippen LogP contribution in [0, 0.1) is 13.8 Å². The first kappa shape index (κ1) is 15.5. The molecule has 6 nitrogen and oxygen atoms in total. The number of carboxylic acid groups (broad SMARTS) is 1. The molecule has 114 valence electrons. The van der Waals surface area contributed by atoms with Gasteiger partial charge in [-0.1, -0.05) is 12.1 Å². The van der Waals surface area contributed by atoms with E-state index >= 15 is 0 Å². The van der Waals surface area contributed by atoms with Crippen molar-refractivity contribution in [2.45, 2.75) is 19.9 Å². The van der Waals surface area contributed by atoms with Crippen LogP contribution < -0.4 is 10.6 Å². The third kappa shape index (κ3) is 4.03. The molecular weight excluding hydrogens is 270 g/mol. The largest absolute Gasteiger partial charge is 0.480 e. The van der Waals surface area contributed by atoms with Gasteiger partial charge in [-0.05, 0) is 31.0 Å². The van der Waals surface area contributed by atoms with Crippen LogP contribution in [0.25, 0.3) is 0 Å². The fraction of sp³-hybridized carbons (Fsp3) is 0.467. The third-order valence-electron chi connectivity index (χ3n) is 3.65. The van der Waals surface area contributed by atoms with E-state index in [-0.39, 0.29) is 12.5 Å². The molecule has 1 atom stereocenters. The number of carbonyl (C=O) groups is 2. The minimum atomic E-state index is -0.901. The van der Waals surface area contributed by atoms with E-state index in [1.165, 1.54) is 0 Å². The molecule has 0 saturated carbocycles. The number of rotatable bonds is 4. The number of nitrogens with one attached hydrogen (secondary N) is 2. The summed E-state index contributed by atoms with van der Waals surface area (Å²) in [5.41, 5.74) is 2.84. The van der Waals surface area contributed by atoms with Crippen molar-refractivity contribution >= 4 is 17.6 Å². The highest BCUT2D eigenvalue weighted by atomic mass is 16.4. The van der Waals surface area contributed by atoms with E-state index in [0.29, 0.717) is 19.6 Å². The van der Waals surface area contributed by atoms with Crippen molar-refractivity contribution < 1.29 is 14.7 Å². The summed E-state index contributed by atoms with van der Waals surface area (Å²) in [5.74, 6) is -1.08. The van der Waals surface area contributed by atoms with Crippen molar-refractivity contribution in [3.63, 3.8) is 0 Å². The van der Waals surface area contributed by atoms with Gasteiger partial charge < -0.3 is 15.7 Å². The fourth-order valence-electron chi connectivity index (χ4n) is 2.42. The van der Waals surface area contributed by atoms with E-state index in [0.717, 1.165) is 16.8 Å². The van der Waals surface area contributed by atoms with Crippen LogP contribution in [0.1, 0.15) is 11.1 Å². The molecule has 0 aliphatic carbocycles. The van der Waals surface area contributed by atoms with Crippen molar-refractivity contribution in [2.75, 3.05) is 31.5 Å². The van der Waals surface area contributed by atoms with Gasteiger partial charge >= 0.3 is 5.97 Å². The van der Waals surface area contributed by atoms with Crippen molar-refractivity contribution in [2.24, 2.45) is 0 Å². The Bertz CT molecular complexity index is 545. The molecule has 1 amide bonds. The quantitative estimate of drug-likeness (QED) is 0.757. The Balaban J connectivity index is 2.00. The van der Waals surface area contributed by atoms with Gasteiger partial charge in [-0.3, -0.25) is 14.5 Å². The monoisotopic (exact) mass is 291 g/mol. The van der Waals surface area contributed by atoms with E-state index in [4.69, 9.17) is 0 Å². The van der Waals surface area contributed by atoms with Gasteiger partial charge in [-0.2, -0.15) is 0 Å². The van der Waals surface area contributed by atoms with Gasteiger partial charge in [-0.25, -0.2) is 0 Å². The second-order valence-corrected chi connectivity index (χ2v) is 5.40. The molecule has 21 heavy (non-hydrogen) atoms. The molecule has 0 radical (unpaired) electrons. The standard InChI is InChI=1S/C15H21N3O3/c1-10-3-4-11(2)12(7-10)17-14(19)9-18-6-5-16-8-13(18)15(20)21/h3-4,7,13,16H,5-6,8-9H2,1-2H3,(H,17,19)(H,20,21). The maximum atomic E-state index is 12.1. The number of aryl methyl sites for hydroxylation is 2. The summed E-state index contributed by atoms with van der Waals surface area (Å²) >= 11 is 0. The molecule has 1 fully saturated rings. The maximum Gasteiger partial charge on any atom is 0.322 e. The number of amides is 1. The fourth-order valence-corrected chi connectivity index (χ4v) is 2.42. The molecule has 0 spiro atoms. The Hall–Kier alpha value is -1.92. The summed E-state index contributed by atoms with van der Waals surface area (Å²) in [6.07, 6.45) is 0. The number of aliphatic carboxylic acids is 1. The number of carbonyl (C=O) groups excluding carboxylic acids is 1. The molecule has 3 N–H and O–H groups in total. The Morgan fingerprint density at radius 1 is 1.43 bits per heavy atom. The van der Waals surface area contributed by atoms with Crippen molar-refractivity contribution in [3.05, 3.63) is 29.3 Å². The lowest BCUT2D eigenvalue weighted by Crippen LogP contribution is -2.56. The molecule has 1 unspecified atom stereocenters.